The Balaban J connectivity index is 1.56. The van der Waals surface area contributed by atoms with Gasteiger partial charge in [-0.3, -0.25) is 4.79 Å². The zero-order chi connectivity index (χ0) is 18.8. The molecule has 4 rings (SSSR count). The van der Waals surface area contributed by atoms with E-state index in [1.807, 2.05) is 47.5 Å². The molecule has 0 unspecified atom stereocenters. The van der Waals surface area contributed by atoms with Gasteiger partial charge in [-0.1, -0.05) is 35.9 Å². The molecule has 5 heteroatoms. The van der Waals surface area contributed by atoms with Crippen molar-refractivity contribution in [2.24, 2.45) is 0 Å². The van der Waals surface area contributed by atoms with Crippen molar-refractivity contribution in [2.45, 2.75) is 32.0 Å². The topological polar surface area (TPSA) is 25.2 Å². The molecule has 0 bridgehead atoms. The molecule has 0 N–H and O–H groups in total. The summed E-state index contributed by atoms with van der Waals surface area (Å²) in [7, 11) is 0. The molecule has 138 valence electrons. The molecule has 1 fully saturated rings. The third kappa shape index (κ3) is 4.06. The number of nitrogens with zero attached hydrogens (tertiary/aromatic N) is 2. The third-order valence-electron chi connectivity index (χ3n) is 4.87. The molecule has 0 saturated heterocycles. The van der Waals surface area contributed by atoms with Gasteiger partial charge in [0.2, 0.25) is 0 Å². The Kier molecular flexibility index (Phi) is 4.99. The Morgan fingerprint density at radius 2 is 1.93 bits per heavy atom. The summed E-state index contributed by atoms with van der Waals surface area (Å²) in [5.41, 5.74) is 2.46. The van der Waals surface area contributed by atoms with Gasteiger partial charge in [-0.05, 0) is 54.8 Å². The zero-order valence-electron chi connectivity index (χ0n) is 14.8. The van der Waals surface area contributed by atoms with Crippen molar-refractivity contribution in [3.05, 3.63) is 94.5 Å². The van der Waals surface area contributed by atoms with Crippen LogP contribution in [0.5, 0.6) is 0 Å². The first-order valence-electron chi connectivity index (χ1n) is 9.06. The molecule has 0 radical (unpaired) electrons. The van der Waals surface area contributed by atoms with Gasteiger partial charge in [0, 0.05) is 35.1 Å². The summed E-state index contributed by atoms with van der Waals surface area (Å²) in [5.74, 6) is -0.513. The van der Waals surface area contributed by atoms with Crippen molar-refractivity contribution in [1.82, 2.24) is 9.47 Å². The van der Waals surface area contributed by atoms with Gasteiger partial charge in [-0.25, -0.2) is 4.39 Å². The van der Waals surface area contributed by atoms with Gasteiger partial charge in [0.25, 0.3) is 5.91 Å². The lowest BCUT2D eigenvalue weighted by Crippen LogP contribution is -2.33. The van der Waals surface area contributed by atoms with E-state index in [0.29, 0.717) is 18.7 Å². The highest BCUT2D eigenvalue weighted by Gasteiger charge is 2.33. The summed E-state index contributed by atoms with van der Waals surface area (Å²) in [5, 5.41) is 0.729. The second-order valence-electron chi connectivity index (χ2n) is 6.89. The predicted octanol–water partition coefficient (Wildman–Crippen LogP) is 5.13. The summed E-state index contributed by atoms with van der Waals surface area (Å²) in [6.45, 7) is 1.14. The standard InChI is InChI=1S/C22H20ClFN2O/c23-21-9-2-1-5-17(21)14-25-12-4-8-20(25)15-26(19-10-11-19)22(27)16-6-3-7-18(24)13-16/h1-9,12-13,19H,10-11,14-15H2. The van der Waals surface area contributed by atoms with Gasteiger partial charge < -0.3 is 9.47 Å². The first-order valence-corrected chi connectivity index (χ1v) is 9.43. The number of amides is 1. The second kappa shape index (κ2) is 7.57. The molecule has 3 nitrogen and oxygen atoms in total. The van der Waals surface area contributed by atoms with Crippen LogP contribution in [0.3, 0.4) is 0 Å². The van der Waals surface area contributed by atoms with Gasteiger partial charge in [-0.2, -0.15) is 0 Å². The molecule has 27 heavy (non-hydrogen) atoms. The molecule has 0 atom stereocenters. The summed E-state index contributed by atoms with van der Waals surface area (Å²) in [6, 6.07) is 17.9. The van der Waals surface area contributed by atoms with E-state index < -0.39 is 5.82 Å². The molecule has 0 spiro atoms. The second-order valence-corrected chi connectivity index (χ2v) is 7.30. The summed E-state index contributed by atoms with van der Waals surface area (Å²) < 4.78 is 15.6. The summed E-state index contributed by atoms with van der Waals surface area (Å²) in [6.07, 6.45) is 3.98. The quantitative estimate of drug-likeness (QED) is 0.580. The maximum atomic E-state index is 13.5. The van der Waals surface area contributed by atoms with Crippen molar-refractivity contribution in [2.75, 3.05) is 0 Å². The van der Waals surface area contributed by atoms with Crippen LogP contribution < -0.4 is 0 Å². The molecule has 1 heterocycles. The SMILES string of the molecule is O=C(c1cccc(F)c1)N(Cc1cccn1Cc1ccccc1Cl)C1CC1. The first kappa shape index (κ1) is 17.8. The molecular formula is C22H20ClFN2O. The van der Waals surface area contributed by atoms with Crippen LogP contribution in [0.15, 0.2) is 66.9 Å². The molecular weight excluding hydrogens is 363 g/mol. The van der Waals surface area contributed by atoms with E-state index in [-0.39, 0.29) is 11.9 Å². The lowest BCUT2D eigenvalue weighted by molar-refractivity contribution is 0.0725. The summed E-state index contributed by atoms with van der Waals surface area (Å²) in [4.78, 5) is 14.8. The van der Waals surface area contributed by atoms with Crippen LogP contribution >= 0.6 is 11.6 Å². The third-order valence-corrected chi connectivity index (χ3v) is 5.24. The minimum Gasteiger partial charge on any atom is -0.345 e. The Morgan fingerprint density at radius 1 is 1.11 bits per heavy atom. The fourth-order valence-electron chi connectivity index (χ4n) is 3.27. The number of carbonyl (C=O) groups is 1. The van der Waals surface area contributed by atoms with Crippen LogP contribution in [0.1, 0.15) is 34.5 Å². The largest absolute Gasteiger partial charge is 0.345 e. The molecule has 1 aliphatic rings. The number of benzene rings is 2. The van der Waals surface area contributed by atoms with Crippen molar-refractivity contribution in [3.63, 3.8) is 0 Å². The van der Waals surface area contributed by atoms with E-state index in [9.17, 15) is 9.18 Å². The van der Waals surface area contributed by atoms with Crippen molar-refractivity contribution in [3.8, 4) is 0 Å². The van der Waals surface area contributed by atoms with Gasteiger partial charge in [-0.15, -0.1) is 0 Å². The number of hydrogen-bond acceptors (Lipinski definition) is 1. The van der Waals surface area contributed by atoms with Gasteiger partial charge in [0.15, 0.2) is 0 Å². The predicted molar refractivity (Wildman–Crippen MR) is 104 cm³/mol. The maximum absolute atomic E-state index is 13.5. The van der Waals surface area contributed by atoms with Crippen molar-refractivity contribution in [1.29, 1.82) is 0 Å². The van der Waals surface area contributed by atoms with E-state index in [2.05, 4.69) is 4.57 Å². The highest BCUT2D eigenvalue weighted by atomic mass is 35.5. The number of hydrogen-bond donors (Lipinski definition) is 0. The minimum atomic E-state index is -0.390. The zero-order valence-corrected chi connectivity index (χ0v) is 15.6. The smallest absolute Gasteiger partial charge is 0.254 e. The average molecular weight is 383 g/mol. The molecule has 1 aromatic heterocycles. The highest BCUT2D eigenvalue weighted by molar-refractivity contribution is 6.31. The lowest BCUT2D eigenvalue weighted by Gasteiger charge is -2.24. The van der Waals surface area contributed by atoms with Crippen LogP contribution in [0, 0.1) is 5.82 Å². The van der Waals surface area contributed by atoms with Crippen LogP contribution in [0.4, 0.5) is 4.39 Å². The van der Waals surface area contributed by atoms with Gasteiger partial charge in [0.1, 0.15) is 5.82 Å². The molecule has 0 aliphatic heterocycles. The van der Waals surface area contributed by atoms with Gasteiger partial charge >= 0.3 is 0 Å². The maximum Gasteiger partial charge on any atom is 0.254 e. The number of halogens is 2. The van der Waals surface area contributed by atoms with Crippen molar-refractivity contribution >= 4 is 17.5 Å². The van der Waals surface area contributed by atoms with E-state index in [1.165, 1.54) is 12.1 Å². The Bertz CT molecular complexity index is 964. The van der Waals surface area contributed by atoms with E-state index >= 15 is 0 Å². The Labute approximate surface area is 163 Å². The fourth-order valence-corrected chi connectivity index (χ4v) is 3.47. The number of carbonyl (C=O) groups excluding carboxylic acids is 1. The van der Waals surface area contributed by atoms with Crippen LogP contribution in [-0.4, -0.2) is 21.4 Å². The molecule has 1 amide bonds. The molecule has 1 saturated carbocycles. The first-order chi connectivity index (χ1) is 13.1. The van der Waals surface area contributed by atoms with E-state index in [0.717, 1.165) is 29.1 Å². The van der Waals surface area contributed by atoms with Gasteiger partial charge in [0.05, 0.1) is 6.54 Å². The normalized spacial score (nSPS) is 13.6. The molecule has 2 aromatic carbocycles. The van der Waals surface area contributed by atoms with Crippen LogP contribution in [0.25, 0.3) is 0 Å². The fraction of sp³-hybridized carbons (Fsp3) is 0.227. The lowest BCUT2D eigenvalue weighted by atomic mass is 10.2. The molecule has 3 aromatic rings. The Hall–Kier alpha value is -2.59. The molecule has 1 aliphatic carbocycles. The average Bonchev–Trinajstić information content (AvgIpc) is 3.41. The van der Waals surface area contributed by atoms with Crippen LogP contribution in [-0.2, 0) is 13.1 Å². The van der Waals surface area contributed by atoms with Crippen molar-refractivity contribution < 1.29 is 9.18 Å². The summed E-state index contributed by atoms with van der Waals surface area (Å²) >= 11 is 6.29. The monoisotopic (exact) mass is 382 g/mol. The minimum absolute atomic E-state index is 0.123. The number of rotatable bonds is 6. The Morgan fingerprint density at radius 3 is 2.67 bits per heavy atom. The van der Waals surface area contributed by atoms with Crippen LogP contribution in [0.2, 0.25) is 5.02 Å². The van der Waals surface area contributed by atoms with E-state index in [4.69, 9.17) is 11.6 Å². The van der Waals surface area contributed by atoms with E-state index in [1.54, 1.807) is 12.1 Å². The highest BCUT2D eigenvalue weighted by Crippen LogP contribution is 2.30. The number of aromatic nitrogens is 1.